The van der Waals surface area contributed by atoms with Crippen LogP contribution in [0.3, 0.4) is 0 Å². The predicted octanol–water partition coefficient (Wildman–Crippen LogP) is 2.48. The van der Waals surface area contributed by atoms with Crippen molar-refractivity contribution in [2.45, 2.75) is 32.0 Å². The zero-order valence-corrected chi connectivity index (χ0v) is 9.96. The van der Waals surface area contributed by atoms with Gasteiger partial charge in [-0.15, -0.1) is 0 Å². The summed E-state index contributed by atoms with van der Waals surface area (Å²) in [6.45, 7) is 3.44. The molecule has 6 heteroatoms. The lowest BCUT2D eigenvalue weighted by atomic mass is 10.1. The van der Waals surface area contributed by atoms with E-state index in [4.69, 9.17) is 0 Å². The first-order valence-corrected chi connectivity index (χ1v) is 5.70. The van der Waals surface area contributed by atoms with Crippen molar-refractivity contribution in [2.75, 3.05) is 20.1 Å². The maximum Gasteiger partial charge on any atom is 0.435 e. The highest BCUT2D eigenvalue weighted by atomic mass is 19.4. The number of rotatable bonds is 1. The minimum atomic E-state index is -4.35. The summed E-state index contributed by atoms with van der Waals surface area (Å²) in [6.07, 6.45) is -2.46. The number of piperidine rings is 1. The summed E-state index contributed by atoms with van der Waals surface area (Å²) in [7, 11) is 1.98. The van der Waals surface area contributed by atoms with Gasteiger partial charge >= 0.3 is 6.18 Å². The first-order chi connectivity index (χ1) is 7.88. The first kappa shape index (κ1) is 12.4. The number of halogens is 3. The van der Waals surface area contributed by atoms with Crippen molar-refractivity contribution in [2.24, 2.45) is 0 Å². The van der Waals surface area contributed by atoms with Gasteiger partial charge in [-0.1, -0.05) is 0 Å². The van der Waals surface area contributed by atoms with Gasteiger partial charge in [0.25, 0.3) is 0 Å². The molecule has 1 saturated heterocycles. The van der Waals surface area contributed by atoms with E-state index in [-0.39, 0.29) is 6.04 Å². The zero-order chi connectivity index (χ0) is 12.6. The van der Waals surface area contributed by atoms with Crippen LogP contribution in [0, 0.1) is 6.92 Å². The molecule has 1 unspecified atom stereocenters. The average molecular weight is 247 g/mol. The van der Waals surface area contributed by atoms with Crippen LogP contribution in [0.5, 0.6) is 0 Å². The third-order valence-corrected chi connectivity index (χ3v) is 3.16. The van der Waals surface area contributed by atoms with Gasteiger partial charge in [0.15, 0.2) is 5.69 Å². The van der Waals surface area contributed by atoms with Crippen LogP contribution in [0.25, 0.3) is 0 Å². The smallest absolute Gasteiger partial charge is 0.304 e. The zero-order valence-electron chi connectivity index (χ0n) is 9.96. The van der Waals surface area contributed by atoms with Crippen molar-refractivity contribution in [3.8, 4) is 0 Å². The van der Waals surface area contributed by atoms with E-state index < -0.39 is 11.9 Å². The summed E-state index contributed by atoms with van der Waals surface area (Å²) in [4.78, 5) is 2.13. The normalized spacial score (nSPS) is 23.0. The molecule has 0 bridgehead atoms. The van der Waals surface area contributed by atoms with E-state index in [2.05, 4.69) is 10.00 Å². The molecule has 1 aliphatic heterocycles. The second kappa shape index (κ2) is 4.33. The Balaban J connectivity index is 2.23. The standard InChI is InChI=1S/C11H16F3N3/c1-8-6-10(11(12,13)14)15-17(8)9-4-3-5-16(2)7-9/h6,9H,3-5,7H2,1-2H3. The Labute approximate surface area is 98.2 Å². The molecule has 0 aliphatic carbocycles. The molecule has 0 aromatic carbocycles. The van der Waals surface area contributed by atoms with Crippen molar-refractivity contribution < 1.29 is 13.2 Å². The minimum absolute atomic E-state index is 0.0600. The molecule has 2 rings (SSSR count). The van der Waals surface area contributed by atoms with Crippen LogP contribution in [0.1, 0.15) is 30.3 Å². The summed E-state index contributed by atoms with van der Waals surface area (Å²) in [5.41, 5.74) is -0.208. The minimum Gasteiger partial charge on any atom is -0.304 e. The molecule has 0 saturated carbocycles. The molecular weight excluding hydrogens is 231 g/mol. The summed E-state index contributed by atoms with van der Waals surface area (Å²) < 4.78 is 39.1. The number of likely N-dealkylation sites (N-methyl/N-ethyl adjacent to an activating group) is 1. The van der Waals surface area contributed by atoms with Crippen LogP contribution in [0.15, 0.2) is 6.07 Å². The number of hydrogen-bond acceptors (Lipinski definition) is 2. The van der Waals surface area contributed by atoms with E-state index in [0.29, 0.717) is 5.69 Å². The van der Waals surface area contributed by atoms with Crippen LogP contribution >= 0.6 is 0 Å². The first-order valence-electron chi connectivity index (χ1n) is 5.70. The van der Waals surface area contributed by atoms with E-state index >= 15 is 0 Å². The van der Waals surface area contributed by atoms with Crippen molar-refractivity contribution in [1.29, 1.82) is 0 Å². The molecule has 1 atom stereocenters. The molecule has 3 nitrogen and oxygen atoms in total. The topological polar surface area (TPSA) is 21.1 Å². The van der Waals surface area contributed by atoms with Crippen LogP contribution < -0.4 is 0 Å². The van der Waals surface area contributed by atoms with Crippen molar-refractivity contribution in [3.63, 3.8) is 0 Å². The molecule has 2 heterocycles. The number of hydrogen-bond donors (Lipinski definition) is 0. The molecule has 1 fully saturated rings. The number of aromatic nitrogens is 2. The third kappa shape index (κ3) is 2.62. The number of aryl methyl sites for hydroxylation is 1. The van der Waals surface area contributed by atoms with Gasteiger partial charge in [-0.2, -0.15) is 18.3 Å². The van der Waals surface area contributed by atoms with E-state index in [0.717, 1.165) is 32.0 Å². The van der Waals surface area contributed by atoms with Gasteiger partial charge in [0, 0.05) is 12.2 Å². The van der Waals surface area contributed by atoms with Crippen LogP contribution in [0.4, 0.5) is 13.2 Å². The lowest BCUT2D eigenvalue weighted by molar-refractivity contribution is -0.141. The lowest BCUT2D eigenvalue weighted by Crippen LogP contribution is -2.34. The Morgan fingerprint density at radius 3 is 2.65 bits per heavy atom. The maximum atomic E-state index is 12.5. The average Bonchev–Trinajstić information content (AvgIpc) is 2.60. The van der Waals surface area contributed by atoms with Crippen LogP contribution in [-0.2, 0) is 6.18 Å². The number of alkyl halides is 3. The van der Waals surface area contributed by atoms with Crippen molar-refractivity contribution >= 4 is 0 Å². The number of likely N-dealkylation sites (tertiary alicyclic amines) is 1. The molecule has 0 N–H and O–H groups in total. The van der Waals surface area contributed by atoms with Gasteiger partial charge < -0.3 is 4.90 Å². The molecule has 0 radical (unpaired) electrons. The van der Waals surface area contributed by atoms with Gasteiger partial charge in [0.1, 0.15) is 0 Å². The van der Waals surface area contributed by atoms with Crippen LogP contribution in [0.2, 0.25) is 0 Å². The third-order valence-electron chi connectivity index (χ3n) is 3.16. The number of nitrogens with zero attached hydrogens (tertiary/aromatic N) is 3. The Kier molecular flexibility index (Phi) is 3.16. The maximum absolute atomic E-state index is 12.5. The van der Waals surface area contributed by atoms with E-state index in [1.54, 1.807) is 6.92 Å². The Morgan fingerprint density at radius 1 is 1.41 bits per heavy atom. The van der Waals surface area contributed by atoms with Gasteiger partial charge in [0.05, 0.1) is 6.04 Å². The highest BCUT2D eigenvalue weighted by Crippen LogP contribution is 2.30. The fourth-order valence-corrected chi connectivity index (χ4v) is 2.33. The quantitative estimate of drug-likeness (QED) is 0.760. The Hall–Kier alpha value is -1.04. The highest BCUT2D eigenvalue weighted by molar-refractivity contribution is 5.12. The molecule has 1 aromatic rings. The Morgan fingerprint density at radius 2 is 2.12 bits per heavy atom. The van der Waals surface area contributed by atoms with Gasteiger partial charge in [0.2, 0.25) is 0 Å². The summed E-state index contributed by atoms with van der Waals surface area (Å²) in [5.74, 6) is 0. The molecule has 0 spiro atoms. The predicted molar refractivity (Wildman–Crippen MR) is 57.7 cm³/mol. The fourth-order valence-electron chi connectivity index (χ4n) is 2.33. The summed E-state index contributed by atoms with van der Waals surface area (Å²) in [6, 6.07) is 1.18. The monoisotopic (exact) mass is 247 g/mol. The summed E-state index contributed by atoms with van der Waals surface area (Å²) >= 11 is 0. The highest BCUT2D eigenvalue weighted by Gasteiger charge is 2.35. The molecule has 17 heavy (non-hydrogen) atoms. The summed E-state index contributed by atoms with van der Waals surface area (Å²) in [5, 5.41) is 3.70. The SMILES string of the molecule is Cc1cc(C(F)(F)F)nn1C1CCCN(C)C1. The lowest BCUT2D eigenvalue weighted by Gasteiger charge is -2.30. The van der Waals surface area contributed by atoms with Gasteiger partial charge in [-0.25, -0.2) is 0 Å². The fraction of sp³-hybridized carbons (Fsp3) is 0.727. The van der Waals surface area contributed by atoms with Crippen molar-refractivity contribution in [3.05, 3.63) is 17.5 Å². The van der Waals surface area contributed by atoms with E-state index in [1.807, 2.05) is 7.05 Å². The second-order valence-corrected chi connectivity index (χ2v) is 4.67. The molecule has 1 aromatic heterocycles. The van der Waals surface area contributed by atoms with Gasteiger partial charge in [-0.3, -0.25) is 4.68 Å². The molecule has 0 amide bonds. The van der Waals surface area contributed by atoms with E-state index in [1.165, 1.54) is 4.68 Å². The largest absolute Gasteiger partial charge is 0.435 e. The molecule has 96 valence electrons. The molecular formula is C11H16F3N3. The Bertz CT molecular complexity index is 397. The van der Waals surface area contributed by atoms with Crippen LogP contribution in [-0.4, -0.2) is 34.8 Å². The molecule has 1 aliphatic rings. The van der Waals surface area contributed by atoms with E-state index in [9.17, 15) is 13.2 Å². The van der Waals surface area contributed by atoms with Crippen molar-refractivity contribution in [1.82, 2.24) is 14.7 Å². The van der Waals surface area contributed by atoms with Gasteiger partial charge in [-0.05, 0) is 39.4 Å². The second-order valence-electron chi connectivity index (χ2n) is 4.67.